The van der Waals surface area contributed by atoms with E-state index in [1.54, 1.807) is 19.8 Å². The Morgan fingerprint density at radius 2 is 2.30 bits per heavy atom. The second-order valence-corrected chi connectivity index (χ2v) is 2.15. The summed E-state index contributed by atoms with van der Waals surface area (Å²) in [6.45, 7) is 5.32. The van der Waals surface area contributed by atoms with Gasteiger partial charge < -0.3 is 0 Å². The van der Waals surface area contributed by atoms with Crippen LogP contribution in [0, 0.1) is 18.8 Å². The molecule has 0 bridgehead atoms. The van der Waals surface area contributed by atoms with Gasteiger partial charge in [0, 0.05) is 0 Å². The molecule has 0 unspecified atom stereocenters. The van der Waals surface area contributed by atoms with Crippen molar-refractivity contribution in [3.63, 3.8) is 0 Å². The summed E-state index contributed by atoms with van der Waals surface area (Å²) in [5.41, 5.74) is 2.02. The Hall–Kier alpha value is -1.06. The van der Waals surface area contributed by atoms with E-state index in [2.05, 4.69) is 10.2 Å². The minimum atomic E-state index is 0.422. The zero-order valence-corrected chi connectivity index (χ0v) is 5.96. The van der Waals surface area contributed by atoms with Gasteiger partial charge in [-0.3, -0.25) is 0 Å². The molecule has 1 rings (SSSR count). The summed E-state index contributed by atoms with van der Waals surface area (Å²) >= 11 is 0. The third kappa shape index (κ3) is 1.26. The predicted molar refractivity (Wildman–Crippen MR) is 40.5 cm³/mol. The monoisotopic (exact) mass is 134 g/mol. The van der Waals surface area contributed by atoms with E-state index >= 15 is 0 Å². The maximum absolute atomic E-state index is 10.0. The first-order chi connectivity index (χ1) is 4.74. The summed E-state index contributed by atoms with van der Waals surface area (Å²) < 4.78 is 0. The normalized spacial score (nSPS) is 9.00. The number of nitroso groups, excluding NO2 is 1. The van der Waals surface area contributed by atoms with Gasteiger partial charge in [-0.25, -0.2) is 0 Å². The third-order valence-electron chi connectivity index (χ3n) is 1.30. The van der Waals surface area contributed by atoms with Crippen LogP contribution < -0.4 is 0 Å². The zero-order valence-electron chi connectivity index (χ0n) is 5.96. The van der Waals surface area contributed by atoms with Crippen LogP contribution in [0.25, 0.3) is 0 Å². The van der Waals surface area contributed by atoms with Crippen LogP contribution >= 0.6 is 0 Å². The van der Waals surface area contributed by atoms with E-state index in [1.165, 1.54) is 0 Å². The Bertz CT molecular complexity index is 262. The molecule has 1 aromatic rings. The Morgan fingerprint density at radius 1 is 1.60 bits per heavy atom. The first kappa shape index (κ1) is 7.06. The molecule has 0 fully saturated rings. The van der Waals surface area contributed by atoms with Gasteiger partial charge in [0.1, 0.15) is 0 Å². The summed E-state index contributed by atoms with van der Waals surface area (Å²) in [6, 6.07) is 0. The Labute approximate surface area is 59.7 Å². The van der Waals surface area contributed by atoms with Gasteiger partial charge in [0.15, 0.2) is 0 Å². The van der Waals surface area contributed by atoms with Gasteiger partial charge in [0.25, 0.3) is 0 Å². The molecular formula is C6H7BN2O. The molecule has 0 spiro atoms. The number of aryl methyl sites for hydroxylation is 2. The molecule has 4 heteroatoms. The molecule has 0 radical (unpaired) electrons. The van der Waals surface area contributed by atoms with Crippen molar-refractivity contribution in [1.82, 2.24) is 4.98 Å². The molecule has 0 aliphatic heterocycles. The molecule has 50 valence electrons. The Morgan fingerprint density at radius 3 is 2.80 bits per heavy atom. The standard InChI is InChI=1S/C6H7BN2O/c1-4-3-7-6(9-10)5(2)8-4/h3H,1-2H3. The van der Waals surface area contributed by atoms with Gasteiger partial charge in [-0.1, -0.05) is 0 Å². The molecule has 1 heterocycles. The molecule has 0 amide bonds. The topological polar surface area (TPSA) is 42.3 Å². The molecular weight excluding hydrogens is 127 g/mol. The van der Waals surface area contributed by atoms with Crippen LogP contribution in [0.2, 0.25) is 0 Å². The SMILES string of the molecule is Cc1cbc(N=O)c(C)n1. The average Bonchev–Trinajstić information content (AvgIpc) is 1.88. The van der Waals surface area contributed by atoms with Crippen molar-refractivity contribution in [2.45, 2.75) is 13.8 Å². The summed E-state index contributed by atoms with van der Waals surface area (Å²) in [7, 11) is 0. The average molecular weight is 134 g/mol. The minimum absolute atomic E-state index is 0.422. The van der Waals surface area contributed by atoms with E-state index in [0.29, 0.717) is 11.3 Å². The molecule has 0 atom stereocenters. The number of nitrogens with zero attached hydrogens (tertiary/aromatic N) is 2. The van der Waals surface area contributed by atoms with E-state index in [-0.39, 0.29) is 0 Å². The molecule has 1 aromatic heterocycles. The first-order valence-corrected chi connectivity index (χ1v) is 3.01. The van der Waals surface area contributed by atoms with Gasteiger partial charge in [0.2, 0.25) is 0 Å². The Balaban J connectivity index is 3.19. The van der Waals surface area contributed by atoms with E-state index < -0.39 is 0 Å². The van der Waals surface area contributed by atoms with Crippen LogP contribution in [0.1, 0.15) is 11.4 Å². The molecule has 0 aliphatic rings. The second kappa shape index (κ2) is 2.69. The zero-order chi connectivity index (χ0) is 7.56. The van der Waals surface area contributed by atoms with Gasteiger partial charge >= 0.3 is 58.8 Å². The van der Waals surface area contributed by atoms with E-state index in [1.807, 2.05) is 6.92 Å². The fourth-order valence-corrected chi connectivity index (χ4v) is 0.776. The van der Waals surface area contributed by atoms with Crippen molar-refractivity contribution in [2.75, 3.05) is 0 Å². The molecule has 3 nitrogen and oxygen atoms in total. The van der Waals surface area contributed by atoms with Crippen molar-refractivity contribution < 1.29 is 0 Å². The quantitative estimate of drug-likeness (QED) is 0.545. The van der Waals surface area contributed by atoms with Crippen molar-refractivity contribution in [2.24, 2.45) is 5.18 Å². The molecule has 0 N–H and O–H groups in total. The van der Waals surface area contributed by atoms with E-state index in [9.17, 15) is 4.91 Å². The van der Waals surface area contributed by atoms with Gasteiger partial charge in [-0.15, -0.1) is 0 Å². The number of hydrogen-bond acceptors (Lipinski definition) is 3. The fourth-order valence-electron chi connectivity index (χ4n) is 0.776. The van der Waals surface area contributed by atoms with Crippen molar-refractivity contribution in [3.8, 4) is 0 Å². The molecule has 0 saturated carbocycles. The van der Waals surface area contributed by atoms with Crippen LogP contribution in [0.15, 0.2) is 11.1 Å². The van der Waals surface area contributed by atoms with Crippen molar-refractivity contribution >= 4 is 12.5 Å². The van der Waals surface area contributed by atoms with Crippen LogP contribution in [-0.4, -0.2) is 11.9 Å². The van der Waals surface area contributed by atoms with Crippen LogP contribution in [0.4, 0.5) is 5.58 Å². The summed E-state index contributed by atoms with van der Waals surface area (Å²) in [5, 5.41) is 2.80. The summed E-state index contributed by atoms with van der Waals surface area (Å²) in [4.78, 5) is 14.1. The van der Waals surface area contributed by atoms with Crippen molar-refractivity contribution in [3.05, 3.63) is 22.3 Å². The van der Waals surface area contributed by atoms with Crippen LogP contribution in [0.5, 0.6) is 0 Å². The van der Waals surface area contributed by atoms with Crippen LogP contribution in [0.3, 0.4) is 0 Å². The first-order valence-electron chi connectivity index (χ1n) is 3.01. The number of hydrogen-bond donors (Lipinski definition) is 0. The second-order valence-electron chi connectivity index (χ2n) is 2.15. The molecule has 0 saturated heterocycles. The van der Waals surface area contributed by atoms with Gasteiger partial charge in [-0.05, 0) is 0 Å². The Kier molecular flexibility index (Phi) is 1.90. The maximum atomic E-state index is 10.0. The molecule has 0 aliphatic carbocycles. The number of rotatable bonds is 1. The predicted octanol–water partition coefficient (Wildman–Crippen LogP) is 1.43. The summed E-state index contributed by atoms with van der Waals surface area (Å²) in [5.74, 6) is 1.77. The summed E-state index contributed by atoms with van der Waals surface area (Å²) in [6.07, 6.45) is 0. The van der Waals surface area contributed by atoms with Gasteiger partial charge in [-0.2, -0.15) is 0 Å². The van der Waals surface area contributed by atoms with Crippen molar-refractivity contribution in [1.29, 1.82) is 0 Å². The molecule has 10 heavy (non-hydrogen) atoms. The molecule has 0 aromatic carbocycles. The van der Waals surface area contributed by atoms with E-state index in [0.717, 1.165) is 5.69 Å². The third-order valence-corrected chi connectivity index (χ3v) is 1.30. The number of aromatic nitrogens is 1. The van der Waals surface area contributed by atoms with Crippen LogP contribution in [-0.2, 0) is 0 Å². The fraction of sp³-hybridized carbons (Fsp3) is 0.333. The van der Waals surface area contributed by atoms with E-state index in [4.69, 9.17) is 0 Å². The van der Waals surface area contributed by atoms with Gasteiger partial charge in [0.05, 0.1) is 0 Å².